The van der Waals surface area contributed by atoms with Gasteiger partial charge < -0.3 is 44.5 Å². The summed E-state index contributed by atoms with van der Waals surface area (Å²) >= 11 is 0. The molecule has 1 amide bonds. The molecule has 0 saturated heterocycles. The van der Waals surface area contributed by atoms with Crippen molar-refractivity contribution in [1.82, 2.24) is 5.32 Å². The molecule has 424 valence electrons. The van der Waals surface area contributed by atoms with Gasteiger partial charge in [-0.25, -0.2) is 4.79 Å². The van der Waals surface area contributed by atoms with Crippen LogP contribution in [0.3, 0.4) is 0 Å². The number of ether oxygens (including phenoxy) is 4. The zero-order chi connectivity index (χ0) is 55.2. The highest BCUT2D eigenvalue weighted by Crippen LogP contribution is 2.70. The summed E-state index contributed by atoms with van der Waals surface area (Å²) in [5, 5.41) is 36.8. The number of esters is 1. The maximum atomic E-state index is 13.0. The van der Waals surface area contributed by atoms with Crippen LogP contribution in [0.4, 0.5) is 10.5 Å². The number of likely N-dealkylation sites (N-methyl/N-ethyl adjacent to an activating group) is 1. The van der Waals surface area contributed by atoms with E-state index in [9.17, 15) is 34.5 Å². The van der Waals surface area contributed by atoms with Gasteiger partial charge in [0, 0.05) is 56.4 Å². The lowest BCUT2D eigenvalue weighted by molar-refractivity contribution is -0.232. The van der Waals surface area contributed by atoms with E-state index in [0.29, 0.717) is 50.5 Å². The van der Waals surface area contributed by atoms with Crippen molar-refractivity contribution < 1.29 is 53.4 Å². The van der Waals surface area contributed by atoms with E-state index in [1.807, 2.05) is 13.0 Å². The number of amides is 1. The Bertz CT molecular complexity index is 2490. The van der Waals surface area contributed by atoms with Crippen LogP contribution in [0.5, 0.6) is 0 Å². The van der Waals surface area contributed by atoms with Gasteiger partial charge in [-0.3, -0.25) is 14.4 Å². The summed E-state index contributed by atoms with van der Waals surface area (Å²) in [5.41, 5.74) is 4.17. The highest BCUT2D eigenvalue weighted by molar-refractivity contribution is 5.93. The second kappa shape index (κ2) is 22.7. The van der Waals surface area contributed by atoms with Crippen molar-refractivity contribution in [2.24, 2.45) is 63.6 Å². The van der Waals surface area contributed by atoms with Crippen LogP contribution in [0, 0.1) is 75.4 Å². The van der Waals surface area contributed by atoms with Crippen molar-refractivity contribution in [3.8, 4) is 11.8 Å². The van der Waals surface area contributed by atoms with Crippen LogP contribution in [-0.4, -0.2) is 102 Å². The Labute approximate surface area is 459 Å². The predicted molar refractivity (Wildman–Crippen MR) is 295 cm³/mol. The first-order valence-corrected chi connectivity index (χ1v) is 29.7. The van der Waals surface area contributed by atoms with E-state index in [1.165, 1.54) is 22.3 Å². The molecule has 0 bridgehead atoms. The first-order chi connectivity index (χ1) is 36.5. The third-order valence-electron chi connectivity index (χ3n) is 21.8. The molecule has 0 aromatic heterocycles. The minimum atomic E-state index is -1.01. The number of hydrogen-bond donors (Lipinski definition) is 4. The van der Waals surface area contributed by atoms with E-state index >= 15 is 0 Å². The van der Waals surface area contributed by atoms with Gasteiger partial charge in [-0.15, -0.1) is 5.92 Å². The molecule has 6 fully saturated rings. The molecule has 1 aromatic carbocycles. The number of ketones is 1. The van der Waals surface area contributed by atoms with Gasteiger partial charge in [0.2, 0.25) is 0 Å². The van der Waals surface area contributed by atoms with E-state index in [1.54, 1.807) is 20.8 Å². The van der Waals surface area contributed by atoms with Gasteiger partial charge in [-0.2, -0.15) is 0 Å². The summed E-state index contributed by atoms with van der Waals surface area (Å²) in [7, 11) is 2.13. The number of carboxylic acid groups (broad SMARTS) is 1. The largest absolute Gasteiger partial charge is 0.481 e. The highest BCUT2D eigenvalue weighted by Gasteiger charge is 2.67. The van der Waals surface area contributed by atoms with Gasteiger partial charge in [0.25, 0.3) is 0 Å². The molecule has 0 spiro atoms. The molecule has 0 aliphatic heterocycles. The molecule has 13 heteroatoms. The third-order valence-corrected chi connectivity index (χ3v) is 21.8. The van der Waals surface area contributed by atoms with Crippen molar-refractivity contribution in [2.75, 3.05) is 38.4 Å². The van der Waals surface area contributed by atoms with Gasteiger partial charge in [-0.1, -0.05) is 51.3 Å². The van der Waals surface area contributed by atoms with E-state index in [4.69, 9.17) is 18.9 Å². The first kappa shape index (κ1) is 57.5. The number of alkyl carbamates (subject to hydrolysis) is 1. The van der Waals surface area contributed by atoms with Crippen LogP contribution in [0.2, 0.25) is 0 Å². The maximum absolute atomic E-state index is 13.0. The van der Waals surface area contributed by atoms with E-state index in [-0.39, 0.29) is 108 Å². The number of allylic oxidation sites excluding steroid dienone is 4. The standard InChI is InChI=1S/C64H92N2O11/c1-10-27-64(73)29-26-50-47-20-16-41-33-44(67)19-21-46(41)57(47)48(37-62(50,64)7)40-14-17-43(18-15-40)66(9)31-32-74-45-25-28-61(6)42(34-45)35-53(75-38-76-56(71)12-11-30-65-59(72)77-60(3,4)5)58-51-23-22-49(39(2)13-24-55(69)70)63(51,8)54(68)36-52(58)61/h14-15,17-18,33,39,42,45,47-54,58,68,73H,11-13,16,19-26,28-32,34-38H2,1-9H3,(H,65,72)(H,69,70)/t39-,42+,45+,47+,48-,49-,50+,51+,52+,53-,54+,58+,61+,62+,63-,64-/m1/s1. The quantitative estimate of drug-likeness (QED) is 0.0502. The molecule has 9 rings (SSSR count). The number of aliphatic hydroxyl groups is 2. The second-order valence-electron chi connectivity index (χ2n) is 26.9. The van der Waals surface area contributed by atoms with Crippen molar-refractivity contribution in [1.29, 1.82) is 0 Å². The molecule has 0 heterocycles. The second-order valence-corrected chi connectivity index (χ2v) is 26.9. The average Bonchev–Trinajstić information content (AvgIpc) is 4.07. The SMILES string of the molecule is CC#C[C@@]1(O)CC[C@H]2[C@@H]3CCC4=CC(=O)CCC4=C3[C@@H](c3ccc(N(C)CCO[C@H]4CC[C@@]5(C)[C@@H](C4)C[C@@H](OCOC(=O)CCCNC(=O)OC(C)(C)C)[C@@H]4[C@@H]5C[C@H](O)[C@]5(C)[C@@H]([C@H](C)CCC(=O)O)CC[C@@H]45)cc3)C[C@@]21C. The third kappa shape index (κ3) is 11.3. The summed E-state index contributed by atoms with van der Waals surface area (Å²) in [4.78, 5) is 51.7. The summed E-state index contributed by atoms with van der Waals surface area (Å²) in [6.07, 6.45) is 14.0. The normalized spacial score (nSPS) is 37.5. The molecule has 16 atom stereocenters. The van der Waals surface area contributed by atoms with E-state index in [0.717, 1.165) is 82.9 Å². The Balaban J connectivity index is 0.851. The summed E-state index contributed by atoms with van der Waals surface area (Å²) in [5.74, 6) is 7.50. The smallest absolute Gasteiger partial charge is 0.407 e. The number of rotatable bonds is 17. The minimum absolute atomic E-state index is 0.0345. The molecule has 6 saturated carbocycles. The van der Waals surface area contributed by atoms with E-state index in [2.05, 4.69) is 81.1 Å². The van der Waals surface area contributed by atoms with E-state index < -0.39 is 29.4 Å². The van der Waals surface area contributed by atoms with Gasteiger partial charge in [0.15, 0.2) is 12.6 Å². The zero-order valence-electron chi connectivity index (χ0n) is 47.9. The number of carbonyl (C=O) groups is 4. The number of nitrogens with one attached hydrogen (secondary N) is 1. The van der Waals surface area contributed by atoms with Gasteiger partial charge in [-0.05, 0) is 217 Å². The van der Waals surface area contributed by atoms with Crippen LogP contribution in [0.25, 0.3) is 0 Å². The first-order valence-electron chi connectivity index (χ1n) is 29.7. The molecule has 77 heavy (non-hydrogen) atoms. The van der Waals surface area contributed by atoms with Gasteiger partial charge in [0.1, 0.15) is 11.2 Å². The van der Waals surface area contributed by atoms with Gasteiger partial charge in [0.05, 0.1) is 24.9 Å². The summed E-state index contributed by atoms with van der Waals surface area (Å²) in [6.45, 7) is 17.8. The summed E-state index contributed by atoms with van der Waals surface area (Å²) in [6, 6.07) is 9.05. The zero-order valence-corrected chi connectivity index (χ0v) is 47.9. The molecule has 4 N–H and O–H groups in total. The Morgan fingerprint density at radius 2 is 1.69 bits per heavy atom. The molecule has 13 nitrogen and oxygen atoms in total. The number of hydrogen-bond acceptors (Lipinski definition) is 11. The molecule has 0 unspecified atom stereocenters. The fourth-order valence-corrected chi connectivity index (χ4v) is 17.8. The number of fused-ring (bicyclic) bond motifs is 9. The fourth-order valence-electron chi connectivity index (χ4n) is 17.8. The van der Waals surface area contributed by atoms with Crippen LogP contribution in [0.1, 0.15) is 182 Å². The lowest BCUT2D eigenvalue weighted by Gasteiger charge is -2.64. The van der Waals surface area contributed by atoms with Crippen molar-refractivity contribution in [3.05, 3.63) is 52.6 Å². The highest BCUT2D eigenvalue weighted by atomic mass is 16.7. The van der Waals surface area contributed by atoms with Crippen molar-refractivity contribution in [2.45, 2.75) is 206 Å². The predicted octanol–water partition coefficient (Wildman–Crippen LogP) is 11.1. The Hall–Kier alpha value is -4.22. The minimum Gasteiger partial charge on any atom is -0.481 e. The van der Waals surface area contributed by atoms with Crippen LogP contribution in [0.15, 0.2) is 47.1 Å². The van der Waals surface area contributed by atoms with Crippen LogP contribution < -0.4 is 10.2 Å². The number of nitrogens with zero attached hydrogens (tertiary/aromatic N) is 1. The van der Waals surface area contributed by atoms with Crippen LogP contribution >= 0.6 is 0 Å². The molecular formula is C64H92N2O11. The monoisotopic (exact) mass is 1060 g/mol. The molecular weight excluding hydrogens is 973 g/mol. The maximum Gasteiger partial charge on any atom is 0.407 e. The van der Waals surface area contributed by atoms with Gasteiger partial charge >= 0.3 is 18.0 Å². The lowest BCUT2D eigenvalue weighted by Crippen LogP contribution is -2.63. The number of aliphatic carboxylic acids is 1. The topological polar surface area (TPSA) is 181 Å². The Morgan fingerprint density at radius 1 is 0.922 bits per heavy atom. The number of carboxylic acids is 1. The van der Waals surface area contributed by atoms with Crippen LogP contribution in [-0.2, 0) is 33.3 Å². The van der Waals surface area contributed by atoms with Crippen molar-refractivity contribution >= 4 is 29.5 Å². The molecule has 0 radical (unpaired) electrons. The Kier molecular flexibility index (Phi) is 17.0. The molecule has 8 aliphatic rings. The molecule has 8 aliphatic carbocycles. The number of aliphatic hydroxyl groups excluding tert-OH is 1. The number of carbonyl (C=O) groups excluding carboxylic acids is 3. The average molecular weight is 1070 g/mol. The fraction of sp³-hybridized carbons (Fsp3) is 0.750. The molecule has 1 aromatic rings. The Morgan fingerprint density at radius 3 is 2.42 bits per heavy atom. The summed E-state index contributed by atoms with van der Waals surface area (Å²) < 4.78 is 24.6. The van der Waals surface area contributed by atoms with Crippen molar-refractivity contribution in [3.63, 3.8) is 0 Å². The number of anilines is 1. The lowest BCUT2D eigenvalue weighted by atomic mass is 9.43. The number of benzene rings is 1.